The van der Waals surface area contributed by atoms with E-state index in [1.807, 2.05) is 6.07 Å². The largest absolute Gasteiger partial charge is 0.369 e. The Morgan fingerprint density at radius 1 is 1.71 bits per heavy atom. The van der Waals surface area contributed by atoms with Crippen LogP contribution in [0.3, 0.4) is 0 Å². The number of anilines is 1. The lowest BCUT2D eigenvalue weighted by Crippen LogP contribution is -2.28. The fourth-order valence-electron chi connectivity index (χ4n) is 1.77. The van der Waals surface area contributed by atoms with E-state index in [1.165, 1.54) is 4.90 Å². The summed E-state index contributed by atoms with van der Waals surface area (Å²) in [6.45, 7) is 1.75. The summed E-state index contributed by atoms with van der Waals surface area (Å²) in [4.78, 5) is 23.9. The number of hydrogen-bond acceptors (Lipinski definition) is 5. The van der Waals surface area contributed by atoms with Crippen molar-refractivity contribution in [2.75, 3.05) is 11.4 Å². The van der Waals surface area contributed by atoms with Crippen molar-refractivity contribution in [2.24, 2.45) is 11.7 Å². The van der Waals surface area contributed by atoms with Crippen molar-refractivity contribution >= 4 is 17.7 Å². The third-order valence-corrected chi connectivity index (χ3v) is 2.73. The number of aryl methyl sites for hydroxylation is 1. The zero-order valence-electron chi connectivity index (χ0n) is 9.14. The maximum Gasteiger partial charge on any atom is 0.252 e. The number of carbonyl (C=O) groups excluding carboxylic acids is 2. The van der Waals surface area contributed by atoms with E-state index in [-0.39, 0.29) is 30.3 Å². The van der Waals surface area contributed by atoms with Gasteiger partial charge in [-0.2, -0.15) is 5.26 Å². The Labute approximate surface area is 96.8 Å². The van der Waals surface area contributed by atoms with Crippen molar-refractivity contribution in [3.05, 3.63) is 11.3 Å². The Balaban J connectivity index is 2.33. The lowest BCUT2D eigenvalue weighted by atomic mass is 10.1. The van der Waals surface area contributed by atoms with Crippen molar-refractivity contribution in [3.63, 3.8) is 0 Å². The van der Waals surface area contributed by atoms with Crippen molar-refractivity contribution < 1.29 is 14.1 Å². The van der Waals surface area contributed by atoms with Gasteiger partial charge >= 0.3 is 0 Å². The Kier molecular flexibility index (Phi) is 2.55. The molecule has 2 amide bonds. The quantitative estimate of drug-likeness (QED) is 0.754. The summed E-state index contributed by atoms with van der Waals surface area (Å²) in [6.07, 6.45) is 0.0416. The van der Waals surface area contributed by atoms with Crippen LogP contribution in [0.5, 0.6) is 0 Å². The summed E-state index contributed by atoms with van der Waals surface area (Å²) in [5.41, 5.74) is 5.77. The zero-order valence-corrected chi connectivity index (χ0v) is 9.14. The highest BCUT2D eigenvalue weighted by Gasteiger charge is 2.37. The SMILES string of the molecule is Cc1noc(N2CC(C(N)=O)CC2=O)c1C#N. The molecule has 1 aromatic heterocycles. The van der Waals surface area contributed by atoms with Crippen molar-refractivity contribution in [1.82, 2.24) is 5.16 Å². The van der Waals surface area contributed by atoms with Gasteiger partial charge in [0.1, 0.15) is 17.3 Å². The third-order valence-electron chi connectivity index (χ3n) is 2.73. The molecule has 2 N–H and O–H groups in total. The van der Waals surface area contributed by atoms with Gasteiger partial charge < -0.3 is 10.3 Å². The van der Waals surface area contributed by atoms with E-state index in [1.54, 1.807) is 6.92 Å². The topological polar surface area (TPSA) is 113 Å². The number of rotatable bonds is 2. The molecule has 88 valence electrons. The predicted molar refractivity (Wildman–Crippen MR) is 55.6 cm³/mol. The summed E-state index contributed by atoms with van der Waals surface area (Å²) in [7, 11) is 0. The molecular formula is C10H10N4O3. The van der Waals surface area contributed by atoms with Crippen molar-refractivity contribution in [1.29, 1.82) is 5.26 Å². The molecule has 0 aliphatic carbocycles. The van der Waals surface area contributed by atoms with E-state index in [2.05, 4.69) is 5.16 Å². The molecule has 0 bridgehead atoms. The average molecular weight is 234 g/mol. The molecule has 1 fully saturated rings. The van der Waals surface area contributed by atoms with Gasteiger partial charge in [0.05, 0.1) is 5.92 Å². The van der Waals surface area contributed by atoms with Crippen LogP contribution in [0.1, 0.15) is 17.7 Å². The lowest BCUT2D eigenvalue weighted by molar-refractivity contribution is -0.123. The van der Waals surface area contributed by atoms with Gasteiger partial charge in [-0.1, -0.05) is 5.16 Å². The summed E-state index contributed by atoms with van der Waals surface area (Å²) < 4.78 is 4.95. The number of nitriles is 1. The molecule has 0 aromatic carbocycles. The molecular weight excluding hydrogens is 224 g/mol. The Bertz CT molecular complexity index is 528. The highest BCUT2D eigenvalue weighted by molar-refractivity contribution is 5.99. The molecule has 0 radical (unpaired) electrons. The Morgan fingerprint density at radius 2 is 2.41 bits per heavy atom. The summed E-state index contributed by atoms with van der Waals surface area (Å²) in [5.74, 6) is -1.27. The van der Waals surface area contributed by atoms with Gasteiger partial charge in [0.25, 0.3) is 5.88 Å². The zero-order chi connectivity index (χ0) is 12.6. The van der Waals surface area contributed by atoms with Gasteiger partial charge in [0.15, 0.2) is 0 Å². The highest BCUT2D eigenvalue weighted by atomic mass is 16.5. The van der Waals surface area contributed by atoms with E-state index in [0.29, 0.717) is 5.69 Å². The van der Waals surface area contributed by atoms with Crippen LogP contribution in [0.4, 0.5) is 5.88 Å². The second-order valence-corrected chi connectivity index (χ2v) is 3.87. The Hall–Kier alpha value is -2.36. The van der Waals surface area contributed by atoms with E-state index in [0.717, 1.165) is 0 Å². The average Bonchev–Trinajstić information content (AvgIpc) is 2.81. The number of nitrogens with zero attached hydrogens (tertiary/aromatic N) is 3. The number of carbonyl (C=O) groups is 2. The van der Waals surface area contributed by atoms with Crippen LogP contribution in [0.25, 0.3) is 0 Å². The minimum Gasteiger partial charge on any atom is -0.369 e. The lowest BCUT2D eigenvalue weighted by Gasteiger charge is -2.11. The van der Waals surface area contributed by atoms with Crippen LogP contribution in [0.15, 0.2) is 4.52 Å². The van der Waals surface area contributed by atoms with E-state index < -0.39 is 11.8 Å². The molecule has 7 heteroatoms. The predicted octanol–water partition coefficient (Wildman–Crippen LogP) is -0.307. The Morgan fingerprint density at radius 3 is 2.94 bits per heavy atom. The molecule has 0 saturated carbocycles. The monoisotopic (exact) mass is 234 g/mol. The first-order valence-electron chi connectivity index (χ1n) is 5.00. The minimum atomic E-state index is -0.542. The second-order valence-electron chi connectivity index (χ2n) is 3.87. The molecule has 1 saturated heterocycles. The molecule has 1 atom stereocenters. The van der Waals surface area contributed by atoms with Crippen LogP contribution in [-0.2, 0) is 9.59 Å². The number of hydrogen-bond donors (Lipinski definition) is 1. The molecule has 2 rings (SSSR count). The number of aromatic nitrogens is 1. The number of amides is 2. The molecule has 7 nitrogen and oxygen atoms in total. The smallest absolute Gasteiger partial charge is 0.252 e. The van der Waals surface area contributed by atoms with Crippen LogP contribution in [0, 0.1) is 24.2 Å². The van der Waals surface area contributed by atoms with E-state index in [4.69, 9.17) is 15.5 Å². The van der Waals surface area contributed by atoms with E-state index >= 15 is 0 Å². The van der Waals surface area contributed by atoms with Crippen LogP contribution < -0.4 is 10.6 Å². The summed E-state index contributed by atoms with van der Waals surface area (Å²) in [6, 6.07) is 1.92. The molecule has 2 heterocycles. The third kappa shape index (κ3) is 1.73. The minimum absolute atomic E-state index is 0.0416. The standard InChI is InChI=1S/C10H10N4O3/c1-5-7(3-11)10(17-13-5)14-4-6(9(12)16)2-8(14)15/h6H,2,4H2,1H3,(H2,12,16). The first-order valence-corrected chi connectivity index (χ1v) is 5.00. The maximum atomic E-state index is 11.7. The molecule has 1 unspecified atom stereocenters. The van der Waals surface area contributed by atoms with Gasteiger partial charge in [0.2, 0.25) is 11.8 Å². The van der Waals surface area contributed by atoms with Gasteiger partial charge in [-0.05, 0) is 6.92 Å². The molecule has 17 heavy (non-hydrogen) atoms. The van der Waals surface area contributed by atoms with Gasteiger partial charge in [-0.3, -0.25) is 14.5 Å². The van der Waals surface area contributed by atoms with Gasteiger partial charge in [-0.15, -0.1) is 0 Å². The van der Waals surface area contributed by atoms with Crippen LogP contribution in [-0.4, -0.2) is 23.5 Å². The van der Waals surface area contributed by atoms with Gasteiger partial charge in [-0.25, -0.2) is 0 Å². The molecule has 1 aliphatic rings. The molecule has 1 aromatic rings. The number of primary amides is 1. The van der Waals surface area contributed by atoms with Crippen LogP contribution in [0.2, 0.25) is 0 Å². The fraction of sp³-hybridized carbons (Fsp3) is 0.400. The van der Waals surface area contributed by atoms with Gasteiger partial charge in [0, 0.05) is 13.0 Å². The first kappa shape index (κ1) is 11.1. The molecule has 1 aliphatic heterocycles. The summed E-state index contributed by atoms with van der Waals surface area (Å²) >= 11 is 0. The van der Waals surface area contributed by atoms with Crippen molar-refractivity contribution in [3.8, 4) is 6.07 Å². The van der Waals surface area contributed by atoms with E-state index in [9.17, 15) is 9.59 Å². The van der Waals surface area contributed by atoms with Crippen LogP contribution >= 0.6 is 0 Å². The normalized spacial score (nSPS) is 19.4. The summed E-state index contributed by atoms with van der Waals surface area (Å²) in [5, 5.41) is 12.6. The number of nitrogens with two attached hydrogens (primary N) is 1. The van der Waals surface area contributed by atoms with Crippen molar-refractivity contribution in [2.45, 2.75) is 13.3 Å². The first-order chi connectivity index (χ1) is 8.04. The second kappa shape index (κ2) is 3.90. The highest BCUT2D eigenvalue weighted by Crippen LogP contribution is 2.29. The molecule has 0 spiro atoms. The maximum absolute atomic E-state index is 11.7. The fourth-order valence-corrected chi connectivity index (χ4v) is 1.77.